The number of hydrogen-bond donors (Lipinski definition) is 3. The molecule has 0 aromatic heterocycles. The summed E-state index contributed by atoms with van der Waals surface area (Å²) in [4.78, 5) is 18.4. The lowest BCUT2D eigenvalue weighted by Crippen LogP contribution is -2.05. The summed E-state index contributed by atoms with van der Waals surface area (Å²) in [5.74, 6) is 1.51. The predicted molar refractivity (Wildman–Crippen MR) is 69.4 cm³/mol. The van der Waals surface area contributed by atoms with Gasteiger partial charge in [0.05, 0.1) is 14.2 Å². The van der Waals surface area contributed by atoms with Crippen molar-refractivity contribution in [2.75, 3.05) is 20.8 Å². The summed E-state index contributed by atoms with van der Waals surface area (Å²) >= 11 is 0. The SMILES string of the molecule is COc1ccc(CCN)cc1OC.O=C(O)OC(=O)O. The molecule has 0 aliphatic rings. The van der Waals surface area contributed by atoms with Crippen LogP contribution in [-0.4, -0.2) is 43.3 Å². The van der Waals surface area contributed by atoms with Crippen LogP contribution in [0.1, 0.15) is 5.56 Å². The third-order valence-corrected chi connectivity index (χ3v) is 2.06. The van der Waals surface area contributed by atoms with Crippen LogP contribution in [0.5, 0.6) is 11.5 Å². The molecule has 0 saturated heterocycles. The van der Waals surface area contributed by atoms with E-state index in [0.29, 0.717) is 6.54 Å². The predicted octanol–water partition coefficient (Wildman–Crippen LogP) is 1.56. The van der Waals surface area contributed by atoms with Gasteiger partial charge in [-0.2, -0.15) is 0 Å². The largest absolute Gasteiger partial charge is 0.516 e. The Hall–Kier alpha value is -2.48. The molecule has 0 aliphatic heterocycles. The third-order valence-electron chi connectivity index (χ3n) is 2.06. The van der Waals surface area contributed by atoms with E-state index in [0.717, 1.165) is 17.9 Å². The number of hydrogen-bond acceptors (Lipinski definition) is 6. The molecule has 112 valence electrons. The van der Waals surface area contributed by atoms with Crippen LogP contribution in [0.25, 0.3) is 0 Å². The maximum Gasteiger partial charge on any atom is 0.516 e. The van der Waals surface area contributed by atoms with Gasteiger partial charge >= 0.3 is 12.3 Å². The van der Waals surface area contributed by atoms with Crippen molar-refractivity contribution >= 4 is 12.3 Å². The first kappa shape index (κ1) is 17.5. The minimum atomic E-state index is -1.81. The highest BCUT2D eigenvalue weighted by molar-refractivity contribution is 5.74. The van der Waals surface area contributed by atoms with Gasteiger partial charge in [-0.15, -0.1) is 0 Å². The van der Waals surface area contributed by atoms with Gasteiger partial charge in [0.15, 0.2) is 11.5 Å². The topological polar surface area (TPSA) is 128 Å². The zero-order chi connectivity index (χ0) is 15.5. The van der Waals surface area contributed by atoms with E-state index in [2.05, 4.69) is 4.74 Å². The molecule has 0 radical (unpaired) electrons. The van der Waals surface area contributed by atoms with Gasteiger partial charge in [0, 0.05) is 0 Å². The molecule has 0 unspecified atom stereocenters. The van der Waals surface area contributed by atoms with Crippen LogP contribution < -0.4 is 15.2 Å². The molecule has 20 heavy (non-hydrogen) atoms. The lowest BCUT2D eigenvalue weighted by molar-refractivity contribution is 0.0802. The summed E-state index contributed by atoms with van der Waals surface area (Å²) in [6.07, 6.45) is -2.76. The summed E-state index contributed by atoms with van der Waals surface area (Å²) in [7, 11) is 3.25. The number of benzene rings is 1. The summed E-state index contributed by atoms with van der Waals surface area (Å²) in [6, 6.07) is 5.84. The van der Waals surface area contributed by atoms with Gasteiger partial charge in [0.1, 0.15) is 0 Å². The molecule has 4 N–H and O–H groups in total. The van der Waals surface area contributed by atoms with Crippen molar-refractivity contribution in [3.05, 3.63) is 23.8 Å². The fourth-order valence-corrected chi connectivity index (χ4v) is 1.28. The van der Waals surface area contributed by atoms with Gasteiger partial charge in [-0.1, -0.05) is 6.07 Å². The minimum absolute atomic E-state index is 0.648. The first-order valence-electron chi connectivity index (χ1n) is 5.49. The average molecular weight is 287 g/mol. The fourth-order valence-electron chi connectivity index (χ4n) is 1.28. The monoisotopic (exact) mass is 287 g/mol. The Morgan fingerprint density at radius 3 is 2.00 bits per heavy atom. The molecule has 0 heterocycles. The van der Waals surface area contributed by atoms with Crippen molar-refractivity contribution in [1.82, 2.24) is 0 Å². The van der Waals surface area contributed by atoms with Crippen molar-refractivity contribution in [3.63, 3.8) is 0 Å². The maximum absolute atomic E-state index is 9.21. The molecule has 0 fully saturated rings. The third kappa shape index (κ3) is 7.07. The smallest absolute Gasteiger partial charge is 0.493 e. The van der Waals surface area contributed by atoms with Crippen LogP contribution in [0.3, 0.4) is 0 Å². The lowest BCUT2D eigenvalue weighted by atomic mass is 10.1. The molecule has 1 rings (SSSR count). The van der Waals surface area contributed by atoms with Gasteiger partial charge in [-0.3, -0.25) is 0 Å². The number of carbonyl (C=O) groups is 2. The molecular formula is C12H17NO7. The number of methoxy groups -OCH3 is 2. The van der Waals surface area contributed by atoms with Crippen LogP contribution >= 0.6 is 0 Å². The van der Waals surface area contributed by atoms with E-state index in [1.54, 1.807) is 14.2 Å². The van der Waals surface area contributed by atoms with E-state index in [9.17, 15) is 9.59 Å². The van der Waals surface area contributed by atoms with Gasteiger partial charge < -0.3 is 30.2 Å². The summed E-state index contributed by atoms with van der Waals surface area (Å²) in [5.41, 5.74) is 6.62. The lowest BCUT2D eigenvalue weighted by Gasteiger charge is -2.08. The quantitative estimate of drug-likeness (QED) is 0.562. The standard InChI is InChI=1S/C10H15NO2.C2H2O5/c1-12-9-4-3-8(5-6-11)7-10(9)13-2;3-1(4)7-2(5)6/h3-4,7H,5-6,11H2,1-2H3;(H,3,4)(H,5,6). The Bertz CT molecular complexity index is 435. The molecule has 1 aromatic rings. The molecule has 0 amide bonds. The van der Waals surface area contributed by atoms with Crippen molar-refractivity contribution in [2.45, 2.75) is 6.42 Å². The Labute approximate surface area is 115 Å². The highest BCUT2D eigenvalue weighted by Crippen LogP contribution is 2.27. The fraction of sp³-hybridized carbons (Fsp3) is 0.333. The van der Waals surface area contributed by atoms with Gasteiger partial charge in [0.25, 0.3) is 0 Å². The van der Waals surface area contributed by atoms with E-state index in [1.807, 2.05) is 18.2 Å². The van der Waals surface area contributed by atoms with Gasteiger partial charge in [-0.25, -0.2) is 9.59 Å². The van der Waals surface area contributed by atoms with Crippen molar-refractivity contribution in [2.24, 2.45) is 5.73 Å². The van der Waals surface area contributed by atoms with E-state index in [-0.39, 0.29) is 0 Å². The van der Waals surface area contributed by atoms with Crippen LogP contribution in [-0.2, 0) is 11.2 Å². The Morgan fingerprint density at radius 1 is 1.10 bits per heavy atom. The minimum Gasteiger partial charge on any atom is -0.493 e. The molecule has 0 atom stereocenters. The van der Waals surface area contributed by atoms with Crippen LogP contribution in [0.15, 0.2) is 18.2 Å². The number of rotatable bonds is 4. The Balaban J connectivity index is 0.000000441. The van der Waals surface area contributed by atoms with Crippen molar-refractivity contribution in [1.29, 1.82) is 0 Å². The summed E-state index contributed by atoms with van der Waals surface area (Å²) in [6.45, 7) is 0.648. The second kappa shape index (κ2) is 9.45. The van der Waals surface area contributed by atoms with Gasteiger partial charge in [-0.05, 0) is 30.7 Å². The summed E-state index contributed by atoms with van der Waals surface area (Å²) in [5, 5.41) is 15.0. The van der Waals surface area contributed by atoms with Crippen molar-refractivity contribution < 1.29 is 34.0 Å². The zero-order valence-electron chi connectivity index (χ0n) is 11.2. The highest BCUT2D eigenvalue weighted by atomic mass is 16.7. The zero-order valence-corrected chi connectivity index (χ0v) is 11.2. The second-order valence-corrected chi connectivity index (χ2v) is 3.36. The Kier molecular flexibility index (Phi) is 8.28. The van der Waals surface area contributed by atoms with E-state index in [4.69, 9.17) is 25.4 Å². The first-order chi connectivity index (χ1) is 9.44. The number of nitrogens with two attached hydrogens (primary N) is 1. The number of carboxylic acid groups (broad SMARTS) is 2. The van der Waals surface area contributed by atoms with Crippen LogP contribution in [0.4, 0.5) is 9.59 Å². The Morgan fingerprint density at radius 2 is 1.65 bits per heavy atom. The van der Waals surface area contributed by atoms with Gasteiger partial charge in [0.2, 0.25) is 0 Å². The first-order valence-corrected chi connectivity index (χ1v) is 5.49. The van der Waals surface area contributed by atoms with E-state index < -0.39 is 12.3 Å². The molecule has 8 heteroatoms. The van der Waals surface area contributed by atoms with Crippen LogP contribution in [0, 0.1) is 0 Å². The molecule has 8 nitrogen and oxygen atoms in total. The molecule has 0 bridgehead atoms. The van der Waals surface area contributed by atoms with E-state index >= 15 is 0 Å². The molecule has 0 spiro atoms. The van der Waals surface area contributed by atoms with Crippen molar-refractivity contribution in [3.8, 4) is 11.5 Å². The van der Waals surface area contributed by atoms with E-state index in [1.165, 1.54) is 5.56 Å². The summed E-state index contributed by atoms with van der Waals surface area (Å²) < 4.78 is 13.4. The normalized spacial score (nSPS) is 8.95. The number of ether oxygens (including phenoxy) is 3. The maximum atomic E-state index is 9.21. The second-order valence-electron chi connectivity index (χ2n) is 3.36. The average Bonchev–Trinajstić information content (AvgIpc) is 2.38. The molecule has 0 saturated carbocycles. The molecule has 0 aliphatic carbocycles. The molecular weight excluding hydrogens is 270 g/mol. The highest BCUT2D eigenvalue weighted by Gasteiger charge is 2.03. The molecule has 1 aromatic carbocycles. The van der Waals surface area contributed by atoms with Crippen LogP contribution in [0.2, 0.25) is 0 Å².